The molecule has 0 radical (unpaired) electrons. The lowest BCUT2D eigenvalue weighted by Gasteiger charge is -2.29. The summed E-state index contributed by atoms with van der Waals surface area (Å²) in [7, 11) is 0. The number of carbonyl (C=O) groups is 2. The molecule has 1 amide bonds. The molecule has 1 fully saturated rings. The molecule has 1 saturated heterocycles. The quantitative estimate of drug-likeness (QED) is 0.638. The van der Waals surface area contributed by atoms with Crippen LogP contribution in [0.25, 0.3) is 10.8 Å². The summed E-state index contributed by atoms with van der Waals surface area (Å²) < 4.78 is 10.5. The highest BCUT2D eigenvalue weighted by atomic mass is 16.6. The van der Waals surface area contributed by atoms with E-state index in [-0.39, 0.29) is 18.0 Å². The van der Waals surface area contributed by atoms with Gasteiger partial charge < -0.3 is 14.4 Å². The number of esters is 1. The summed E-state index contributed by atoms with van der Waals surface area (Å²) in [5, 5.41) is 2.15. The minimum absolute atomic E-state index is 0.179. The number of ether oxygens (including phenoxy) is 2. The van der Waals surface area contributed by atoms with E-state index >= 15 is 0 Å². The van der Waals surface area contributed by atoms with E-state index in [1.54, 1.807) is 11.8 Å². The average Bonchev–Trinajstić information content (AvgIpc) is 2.62. The van der Waals surface area contributed by atoms with Crippen LogP contribution >= 0.6 is 0 Å². The molecule has 0 unspecified atom stereocenters. The number of hydrogen-bond acceptors (Lipinski definition) is 4. The highest BCUT2D eigenvalue weighted by Gasteiger charge is 2.29. The Labute approximate surface area is 141 Å². The van der Waals surface area contributed by atoms with Crippen LogP contribution in [0.15, 0.2) is 42.5 Å². The molecule has 0 aromatic heterocycles. The minimum Gasteiger partial charge on any atom is -0.450 e. The molecule has 1 aliphatic heterocycles. The lowest BCUT2D eigenvalue weighted by atomic mass is 9.97. The van der Waals surface area contributed by atoms with Gasteiger partial charge in [0, 0.05) is 13.1 Å². The zero-order valence-electron chi connectivity index (χ0n) is 13.7. The molecule has 0 atom stereocenters. The third-order valence-corrected chi connectivity index (χ3v) is 4.29. The normalized spacial score (nSPS) is 15.3. The Balaban J connectivity index is 1.58. The highest BCUT2D eigenvalue weighted by molar-refractivity contribution is 5.85. The maximum atomic E-state index is 12.3. The van der Waals surface area contributed by atoms with Crippen LogP contribution in [0.1, 0.15) is 19.8 Å². The molecule has 0 bridgehead atoms. The van der Waals surface area contributed by atoms with Crippen molar-refractivity contribution in [3.63, 3.8) is 0 Å². The molecule has 2 aromatic carbocycles. The maximum Gasteiger partial charge on any atom is 0.409 e. The number of fused-ring (bicyclic) bond motifs is 1. The molecule has 0 N–H and O–H groups in total. The van der Waals surface area contributed by atoms with Crippen molar-refractivity contribution in [3.05, 3.63) is 42.5 Å². The zero-order valence-corrected chi connectivity index (χ0v) is 13.7. The van der Waals surface area contributed by atoms with Crippen LogP contribution in [0.3, 0.4) is 0 Å². The van der Waals surface area contributed by atoms with Gasteiger partial charge in [-0.15, -0.1) is 0 Å². The fraction of sp³-hybridized carbons (Fsp3) is 0.368. The Bertz CT molecular complexity index is 735. The van der Waals surface area contributed by atoms with Gasteiger partial charge in [-0.3, -0.25) is 4.79 Å². The number of hydrogen-bond donors (Lipinski definition) is 0. The average molecular weight is 327 g/mol. The third kappa shape index (κ3) is 3.67. The van der Waals surface area contributed by atoms with Crippen LogP contribution in [0, 0.1) is 5.92 Å². The Morgan fingerprint density at radius 3 is 2.50 bits per heavy atom. The summed E-state index contributed by atoms with van der Waals surface area (Å²) in [6.45, 7) is 3.20. The van der Waals surface area contributed by atoms with Gasteiger partial charge in [-0.05, 0) is 42.7 Å². The Hall–Kier alpha value is -2.56. The van der Waals surface area contributed by atoms with Gasteiger partial charge in [0.05, 0.1) is 12.5 Å². The smallest absolute Gasteiger partial charge is 0.409 e. The summed E-state index contributed by atoms with van der Waals surface area (Å²) in [6.07, 6.45) is 0.898. The zero-order chi connectivity index (χ0) is 16.9. The molecule has 1 aliphatic rings. The first kappa shape index (κ1) is 16.3. The van der Waals surface area contributed by atoms with E-state index in [4.69, 9.17) is 9.47 Å². The number of rotatable bonds is 3. The molecule has 1 heterocycles. The molecule has 5 nitrogen and oxygen atoms in total. The first-order chi connectivity index (χ1) is 11.7. The second-order valence-electron chi connectivity index (χ2n) is 5.89. The number of nitrogens with zero attached hydrogens (tertiary/aromatic N) is 1. The van der Waals surface area contributed by atoms with Gasteiger partial charge >= 0.3 is 12.1 Å². The highest BCUT2D eigenvalue weighted by Crippen LogP contribution is 2.24. The Morgan fingerprint density at radius 1 is 1.08 bits per heavy atom. The van der Waals surface area contributed by atoms with Crippen molar-refractivity contribution < 1.29 is 19.1 Å². The molecule has 24 heavy (non-hydrogen) atoms. The lowest BCUT2D eigenvalue weighted by molar-refractivity contribution is -0.140. The van der Waals surface area contributed by atoms with E-state index in [2.05, 4.69) is 0 Å². The molecule has 0 saturated carbocycles. The maximum absolute atomic E-state index is 12.3. The summed E-state index contributed by atoms with van der Waals surface area (Å²) in [6, 6.07) is 13.6. The van der Waals surface area contributed by atoms with Crippen LogP contribution in [-0.4, -0.2) is 36.7 Å². The molecule has 0 spiro atoms. The van der Waals surface area contributed by atoms with Gasteiger partial charge in [0.15, 0.2) is 0 Å². The molecule has 126 valence electrons. The second kappa shape index (κ2) is 7.34. The summed E-state index contributed by atoms with van der Waals surface area (Å²) >= 11 is 0. The second-order valence-corrected chi connectivity index (χ2v) is 5.89. The van der Waals surface area contributed by atoms with Gasteiger partial charge in [-0.25, -0.2) is 4.79 Å². The minimum atomic E-state index is -0.307. The van der Waals surface area contributed by atoms with Crippen molar-refractivity contribution in [2.24, 2.45) is 5.92 Å². The summed E-state index contributed by atoms with van der Waals surface area (Å²) in [4.78, 5) is 25.7. The number of likely N-dealkylation sites (tertiary alicyclic amines) is 1. The number of amides is 1. The Kier molecular flexibility index (Phi) is 4.99. The van der Waals surface area contributed by atoms with E-state index in [0.29, 0.717) is 38.3 Å². The molecular formula is C19H21NO4. The fourth-order valence-corrected chi connectivity index (χ4v) is 2.94. The predicted molar refractivity (Wildman–Crippen MR) is 90.9 cm³/mol. The molecular weight excluding hydrogens is 306 g/mol. The van der Waals surface area contributed by atoms with Crippen LogP contribution < -0.4 is 4.74 Å². The van der Waals surface area contributed by atoms with Crippen molar-refractivity contribution in [2.75, 3.05) is 19.7 Å². The number of carbonyl (C=O) groups excluding carboxylic acids is 2. The third-order valence-electron chi connectivity index (χ3n) is 4.29. The molecule has 2 aromatic rings. The van der Waals surface area contributed by atoms with Crippen molar-refractivity contribution >= 4 is 22.8 Å². The number of benzene rings is 2. The first-order valence-electron chi connectivity index (χ1n) is 8.29. The molecule has 3 rings (SSSR count). The van der Waals surface area contributed by atoms with Crippen molar-refractivity contribution in [2.45, 2.75) is 19.8 Å². The van der Waals surface area contributed by atoms with E-state index in [9.17, 15) is 9.59 Å². The van der Waals surface area contributed by atoms with Gasteiger partial charge in [0.25, 0.3) is 0 Å². The first-order valence-corrected chi connectivity index (χ1v) is 8.29. The van der Waals surface area contributed by atoms with Crippen molar-refractivity contribution in [3.8, 4) is 5.75 Å². The SMILES string of the molecule is CCOC(=O)N1CCC(C(=O)Oc2ccc3ccccc3c2)CC1. The van der Waals surface area contributed by atoms with Gasteiger partial charge in [-0.1, -0.05) is 30.3 Å². The predicted octanol–water partition coefficient (Wildman–Crippen LogP) is 3.61. The van der Waals surface area contributed by atoms with E-state index in [1.807, 2.05) is 42.5 Å². The fourth-order valence-electron chi connectivity index (χ4n) is 2.94. The van der Waals surface area contributed by atoms with Crippen LogP contribution in [0.2, 0.25) is 0 Å². The monoisotopic (exact) mass is 327 g/mol. The molecule has 0 aliphatic carbocycles. The van der Waals surface area contributed by atoms with Gasteiger partial charge in [-0.2, -0.15) is 0 Å². The standard InChI is InChI=1S/C19H21NO4/c1-2-23-19(22)20-11-9-15(10-12-20)18(21)24-17-8-7-14-5-3-4-6-16(14)13-17/h3-8,13,15H,2,9-12H2,1H3. The van der Waals surface area contributed by atoms with E-state index < -0.39 is 0 Å². The van der Waals surface area contributed by atoms with Crippen molar-refractivity contribution in [1.29, 1.82) is 0 Å². The van der Waals surface area contributed by atoms with Crippen LogP contribution in [0.5, 0.6) is 5.75 Å². The summed E-state index contributed by atoms with van der Waals surface area (Å²) in [5.41, 5.74) is 0. The van der Waals surface area contributed by atoms with Gasteiger partial charge in [0.1, 0.15) is 5.75 Å². The largest absolute Gasteiger partial charge is 0.450 e. The van der Waals surface area contributed by atoms with Crippen molar-refractivity contribution in [1.82, 2.24) is 4.90 Å². The van der Waals surface area contributed by atoms with Crippen LogP contribution in [-0.2, 0) is 9.53 Å². The number of piperidine rings is 1. The topological polar surface area (TPSA) is 55.8 Å². The van der Waals surface area contributed by atoms with Crippen LogP contribution in [0.4, 0.5) is 4.79 Å². The van der Waals surface area contributed by atoms with E-state index in [1.165, 1.54) is 0 Å². The summed E-state index contributed by atoms with van der Waals surface area (Å²) in [5.74, 6) is 0.155. The Morgan fingerprint density at radius 2 is 1.79 bits per heavy atom. The lowest BCUT2D eigenvalue weighted by Crippen LogP contribution is -2.41. The molecule has 5 heteroatoms. The van der Waals surface area contributed by atoms with Gasteiger partial charge in [0.2, 0.25) is 0 Å². The van der Waals surface area contributed by atoms with E-state index in [0.717, 1.165) is 10.8 Å².